The SMILES string of the molecule is COc1ccc(Cl)c2sc(NNC(=O)C3CCCCC3)nc12. The van der Waals surface area contributed by atoms with E-state index in [4.69, 9.17) is 16.3 Å². The standard InChI is InChI=1S/C15H18ClN3O2S/c1-21-11-8-7-10(16)13-12(11)17-15(22-13)19-18-14(20)9-5-3-2-4-6-9/h7-9H,2-6H2,1H3,(H,17,19)(H,18,20). The summed E-state index contributed by atoms with van der Waals surface area (Å²) < 4.78 is 6.13. The predicted octanol–water partition coefficient (Wildman–Crippen LogP) is 3.98. The molecule has 7 heteroatoms. The maximum atomic E-state index is 12.1. The molecule has 22 heavy (non-hydrogen) atoms. The Balaban J connectivity index is 1.71. The van der Waals surface area contributed by atoms with Crippen LogP contribution in [-0.4, -0.2) is 18.0 Å². The molecule has 0 aliphatic heterocycles. The third-order valence-corrected chi connectivity index (χ3v) is 5.38. The fourth-order valence-corrected chi connectivity index (χ4v) is 3.86. The third-order valence-electron chi connectivity index (χ3n) is 3.95. The van der Waals surface area contributed by atoms with E-state index in [0.29, 0.717) is 21.4 Å². The van der Waals surface area contributed by atoms with Crippen LogP contribution in [0.5, 0.6) is 5.75 Å². The minimum absolute atomic E-state index is 0.0389. The van der Waals surface area contributed by atoms with E-state index < -0.39 is 0 Å². The molecule has 2 N–H and O–H groups in total. The third kappa shape index (κ3) is 3.13. The number of thiazole rings is 1. The minimum Gasteiger partial charge on any atom is -0.494 e. The van der Waals surface area contributed by atoms with E-state index in [9.17, 15) is 4.79 Å². The first-order valence-electron chi connectivity index (χ1n) is 7.38. The van der Waals surface area contributed by atoms with Crippen molar-refractivity contribution in [3.05, 3.63) is 17.2 Å². The van der Waals surface area contributed by atoms with Gasteiger partial charge in [0.1, 0.15) is 11.3 Å². The van der Waals surface area contributed by atoms with Crippen LogP contribution in [-0.2, 0) is 4.79 Å². The van der Waals surface area contributed by atoms with Gasteiger partial charge in [0.25, 0.3) is 0 Å². The summed E-state index contributed by atoms with van der Waals surface area (Å²) in [7, 11) is 1.60. The second-order valence-electron chi connectivity index (χ2n) is 5.40. The molecule has 118 valence electrons. The number of carbonyl (C=O) groups is 1. The molecule has 1 saturated carbocycles. The van der Waals surface area contributed by atoms with Crippen LogP contribution in [0.2, 0.25) is 5.02 Å². The van der Waals surface area contributed by atoms with Gasteiger partial charge in [0.05, 0.1) is 16.8 Å². The van der Waals surface area contributed by atoms with Gasteiger partial charge in [-0.3, -0.25) is 15.6 Å². The molecule has 1 aliphatic rings. The lowest BCUT2D eigenvalue weighted by molar-refractivity contribution is -0.125. The average Bonchev–Trinajstić information content (AvgIpc) is 2.99. The number of hydrogen-bond donors (Lipinski definition) is 2. The summed E-state index contributed by atoms with van der Waals surface area (Å²) >= 11 is 7.58. The van der Waals surface area contributed by atoms with Crippen LogP contribution in [0.25, 0.3) is 10.2 Å². The van der Waals surface area contributed by atoms with Crippen molar-refractivity contribution in [2.75, 3.05) is 12.5 Å². The van der Waals surface area contributed by atoms with E-state index in [1.165, 1.54) is 17.8 Å². The van der Waals surface area contributed by atoms with Crippen LogP contribution in [0.1, 0.15) is 32.1 Å². The van der Waals surface area contributed by atoms with Gasteiger partial charge in [-0.1, -0.05) is 42.2 Å². The van der Waals surface area contributed by atoms with Gasteiger partial charge in [-0.2, -0.15) is 0 Å². The summed E-state index contributed by atoms with van der Waals surface area (Å²) in [5.74, 6) is 0.813. The second-order valence-corrected chi connectivity index (χ2v) is 6.80. The molecule has 1 heterocycles. The van der Waals surface area contributed by atoms with Crippen molar-refractivity contribution in [3.63, 3.8) is 0 Å². The van der Waals surface area contributed by atoms with Gasteiger partial charge in [0.2, 0.25) is 11.0 Å². The summed E-state index contributed by atoms with van der Waals surface area (Å²) in [6, 6.07) is 3.57. The van der Waals surface area contributed by atoms with Crippen LogP contribution in [0.4, 0.5) is 5.13 Å². The number of amides is 1. The number of hydrazine groups is 1. The van der Waals surface area contributed by atoms with Gasteiger partial charge >= 0.3 is 0 Å². The monoisotopic (exact) mass is 339 g/mol. The van der Waals surface area contributed by atoms with Gasteiger partial charge < -0.3 is 4.74 Å². The number of rotatable bonds is 4. The van der Waals surface area contributed by atoms with Crippen LogP contribution in [0, 0.1) is 5.92 Å². The summed E-state index contributed by atoms with van der Waals surface area (Å²) in [5.41, 5.74) is 6.37. The number of methoxy groups -OCH3 is 1. The zero-order chi connectivity index (χ0) is 15.5. The van der Waals surface area contributed by atoms with Crippen LogP contribution in [0.15, 0.2) is 12.1 Å². The van der Waals surface area contributed by atoms with Crippen molar-refractivity contribution in [2.45, 2.75) is 32.1 Å². The molecule has 1 amide bonds. The lowest BCUT2D eigenvalue weighted by Gasteiger charge is -2.20. The van der Waals surface area contributed by atoms with Gasteiger partial charge in [-0.25, -0.2) is 4.98 Å². The van der Waals surface area contributed by atoms with E-state index in [2.05, 4.69) is 15.8 Å². The number of nitrogens with one attached hydrogen (secondary N) is 2. The zero-order valence-electron chi connectivity index (χ0n) is 12.3. The maximum absolute atomic E-state index is 12.1. The number of aromatic nitrogens is 1. The number of carbonyl (C=O) groups excluding carboxylic acids is 1. The van der Waals surface area contributed by atoms with E-state index in [1.54, 1.807) is 19.2 Å². The molecule has 0 saturated heterocycles. The average molecular weight is 340 g/mol. The molecule has 1 aliphatic carbocycles. The van der Waals surface area contributed by atoms with Crippen molar-refractivity contribution in [1.29, 1.82) is 0 Å². The molecule has 5 nitrogen and oxygen atoms in total. The summed E-state index contributed by atoms with van der Waals surface area (Å²) in [4.78, 5) is 16.6. The quantitative estimate of drug-likeness (QED) is 0.827. The minimum atomic E-state index is 0.0389. The Kier molecular flexibility index (Phi) is 4.69. The van der Waals surface area contributed by atoms with E-state index in [1.807, 2.05) is 0 Å². The summed E-state index contributed by atoms with van der Waals surface area (Å²) in [6.07, 6.45) is 5.42. The highest BCUT2D eigenvalue weighted by molar-refractivity contribution is 7.22. The van der Waals surface area contributed by atoms with Crippen LogP contribution in [0.3, 0.4) is 0 Å². The highest BCUT2D eigenvalue weighted by Crippen LogP contribution is 2.37. The highest BCUT2D eigenvalue weighted by Gasteiger charge is 2.21. The number of anilines is 1. The number of nitrogens with zero attached hydrogens (tertiary/aromatic N) is 1. The van der Waals surface area contributed by atoms with Crippen LogP contribution >= 0.6 is 22.9 Å². The normalized spacial score (nSPS) is 15.7. The number of hydrogen-bond acceptors (Lipinski definition) is 5. The fourth-order valence-electron chi connectivity index (χ4n) is 2.75. The molecule has 0 bridgehead atoms. The zero-order valence-corrected chi connectivity index (χ0v) is 13.9. The molecular weight excluding hydrogens is 322 g/mol. The Labute approximate surface area is 138 Å². The van der Waals surface area contributed by atoms with Crippen molar-refractivity contribution in [3.8, 4) is 5.75 Å². The molecule has 1 aromatic heterocycles. The van der Waals surface area contributed by atoms with Gasteiger partial charge in [0.15, 0.2) is 0 Å². The predicted molar refractivity (Wildman–Crippen MR) is 89.5 cm³/mol. The summed E-state index contributed by atoms with van der Waals surface area (Å²) in [6.45, 7) is 0. The fraction of sp³-hybridized carbons (Fsp3) is 0.467. The maximum Gasteiger partial charge on any atom is 0.241 e. The van der Waals surface area contributed by atoms with Crippen LogP contribution < -0.4 is 15.6 Å². The Morgan fingerprint density at radius 1 is 1.36 bits per heavy atom. The van der Waals surface area contributed by atoms with E-state index in [-0.39, 0.29) is 11.8 Å². The lowest BCUT2D eigenvalue weighted by atomic mass is 9.89. The Hall–Kier alpha value is -1.53. The van der Waals surface area contributed by atoms with Gasteiger partial charge in [-0.15, -0.1) is 0 Å². The largest absolute Gasteiger partial charge is 0.494 e. The topological polar surface area (TPSA) is 63.2 Å². The van der Waals surface area contributed by atoms with Gasteiger partial charge in [0, 0.05) is 5.92 Å². The van der Waals surface area contributed by atoms with Crippen molar-refractivity contribution >= 4 is 44.2 Å². The number of halogens is 1. The molecule has 1 fully saturated rings. The Morgan fingerprint density at radius 3 is 2.86 bits per heavy atom. The highest BCUT2D eigenvalue weighted by atomic mass is 35.5. The first kappa shape index (κ1) is 15.4. The first-order valence-corrected chi connectivity index (χ1v) is 8.57. The summed E-state index contributed by atoms with van der Waals surface area (Å²) in [5, 5.41) is 1.23. The van der Waals surface area contributed by atoms with Crippen molar-refractivity contribution in [2.24, 2.45) is 5.92 Å². The first-order chi connectivity index (χ1) is 10.7. The molecule has 0 atom stereocenters. The second kappa shape index (κ2) is 6.71. The van der Waals surface area contributed by atoms with Gasteiger partial charge in [-0.05, 0) is 25.0 Å². The molecule has 2 aromatic rings. The Bertz CT molecular complexity index is 683. The van der Waals surface area contributed by atoms with Crippen molar-refractivity contribution < 1.29 is 9.53 Å². The lowest BCUT2D eigenvalue weighted by Crippen LogP contribution is -2.35. The van der Waals surface area contributed by atoms with E-state index in [0.717, 1.165) is 30.4 Å². The molecule has 1 aromatic carbocycles. The van der Waals surface area contributed by atoms with Crippen molar-refractivity contribution in [1.82, 2.24) is 10.4 Å². The molecule has 0 radical (unpaired) electrons. The Morgan fingerprint density at radius 2 is 2.14 bits per heavy atom. The smallest absolute Gasteiger partial charge is 0.241 e. The molecule has 0 spiro atoms. The number of benzene rings is 1. The van der Waals surface area contributed by atoms with E-state index >= 15 is 0 Å². The number of fused-ring (bicyclic) bond motifs is 1. The molecule has 0 unspecified atom stereocenters. The number of ether oxygens (including phenoxy) is 1. The molecule has 3 rings (SSSR count). The molecular formula is C15H18ClN3O2S.